The molecule has 4 aromatic carbocycles. The van der Waals surface area contributed by atoms with E-state index >= 15 is 4.39 Å². The molecule has 0 N–H and O–H groups in total. The van der Waals surface area contributed by atoms with E-state index in [0.29, 0.717) is 12.1 Å². The smallest absolute Gasteiger partial charge is 0.307 e. The van der Waals surface area contributed by atoms with Crippen molar-refractivity contribution in [3.8, 4) is 16.9 Å². The Labute approximate surface area is 224 Å². The predicted molar refractivity (Wildman–Crippen MR) is 149 cm³/mol. The number of hydrogen-bond acceptors (Lipinski definition) is 4. The molecule has 0 fully saturated rings. The second kappa shape index (κ2) is 13.0. The van der Waals surface area contributed by atoms with E-state index in [1.807, 2.05) is 66.7 Å². The summed E-state index contributed by atoms with van der Waals surface area (Å²) in [6.07, 6.45) is 0.0241. The molecule has 0 aliphatic heterocycles. The fourth-order valence-electron chi connectivity index (χ4n) is 4.80. The van der Waals surface area contributed by atoms with Crippen LogP contribution in [-0.4, -0.2) is 24.6 Å². The summed E-state index contributed by atoms with van der Waals surface area (Å²) in [6, 6.07) is 32.3. The number of halogens is 1. The summed E-state index contributed by atoms with van der Waals surface area (Å²) in [5, 5.41) is 0. The minimum absolute atomic E-state index is 0.0241. The molecule has 196 valence electrons. The van der Waals surface area contributed by atoms with Crippen LogP contribution in [0.1, 0.15) is 49.0 Å². The summed E-state index contributed by atoms with van der Waals surface area (Å²) in [7, 11) is 1.62. The summed E-state index contributed by atoms with van der Waals surface area (Å²) in [5.74, 6) is 0.00567. The Balaban J connectivity index is 1.83. The fourth-order valence-corrected chi connectivity index (χ4v) is 4.80. The molecular formula is C33H34FNO3. The zero-order valence-electron chi connectivity index (χ0n) is 22.1. The highest BCUT2D eigenvalue weighted by Gasteiger charge is 2.31. The van der Waals surface area contributed by atoms with Crippen molar-refractivity contribution < 1.29 is 18.7 Å². The van der Waals surface area contributed by atoms with Gasteiger partial charge >= 0.3 is 5.97 Å². The minimum Gasteiger partial charge on any atom is -0.497 e. The third-order valence-electron chi connectivity index (χ3n) is 6.81. The van der Waals surface area contributed by atoms with Crippen LogP contribution in [0.15, 0.2) is 103 Å². The van der Waals surface area contributed by atoms with Gasteiger partial charge in [-0.1, -0.05) is 78.9 Å². The summed E-state index contributed by atoms with van der Waals surface area (Å²) in [4.78, 5) is 15.1. The maximum atomic E-state index is 15.7. The average molecular weight is 512 g/mol. The lowest BCUT2D eigenvalue weighted by molar-refractivity contribution is -0.145. The van der Waals surface area contributed by atoms with Crippen molar-refractivity contribution in [2.24, 2.45) is 0 Å². The van der Waals surface area contributed by atoms with Crippen molar-refractivity contribution in [3.05, 3.63) is 126 Å². The summed E-state index contributed by atoms with van der Waals surface area (Å²) >= 11 is 0. The van der Waals surface area contributed by atoms with Gasteiger partial charge in [0.1, 0.15) is 11.6 Å². The first kappa shape index (κ1) is 27.1. The van der Waals surface area contributed by atoms with E-state index in [4.69, 9.17) is 9.47 Å². The Hall–Kier alpha value is -3.96. The van der Waals surface area contributed by atoms with Crippen molar-refractivity contribution in [1.29, 1.82) is 0 Å². The highest BCUT2D eigenvalue weighted by Crippen LogP contribution is 2.38. The molecule has 0 aliphatic carbocycles. The van der Waals surface area contributed by atoms with Crippen molar-refractivity contribution in [2.45, 2.75) is 38.9 Å². The number of methoxy groups -OCH3 is 1. The Kier molecular flexibility index (Phi) is 9.28. The van der Waals surface area contributed by atoms with Gasteiger partial charge in [-0.25, -0.2) is 4.39 Å². The molecule has 0 bridgehead atoms. The maximum Gasteiger partial charge on any atom is 0.307 e. The number of rotatable bonds is 11. The zero-order valence-corrected chi connectivity index (χ0v) is 22.1. The molecule has 4 aromatic rings. The van der Waals surface area contributed by atoms with Gasteiger partial charge in [-0.15, -0.1) is 0 Å². The van der Waals surface area contributed by atoms with Crippen LogP contribution in [-0.2, 0) is 16.1 Å². The van der Waals surface area contributed by atoms with E-state index in [1.165, 1.54) is 6.07 Å². The molecule has 2 atom stereocenters. The number of carbonyl (C=O) groups is 1. The van der Waals surface area contributed by atoms with Crippen LogP contribution in [0.3, 0.4) is 0 Å². The SMILES string of the molecule is CCOC(=O)CC(c1cc(-c2cccc(OC)c2)ccc1F)N(Cc1ccccc1)[C@H](C)c1ccccc1. The first-order valence-electron chi connectivity index (χ1n) is 12.9. The summed E-state index contributed by atoms with van der Waals surface area (Å²) in [6.45, 7) is 4.68. The maximum absolute atomic E-state index is 15.7. The van der Waals surface area contributed by atoms with Crippen LogP contribution < -0.4 is 4.74 Å². The summed E-state index contributed by atoms with van der Waals surface area (Å²) < 4.78 is 26.4. The standard InChI is InChI=1S/C33H34FNO3/c1-4-38-33(36)22-32(30-21-28(18-19-31(30)34)27-16-11-17-29(20-27)37-3)35(23-25-12-7-5-8-13-25)24(2)26-14-9-6-10-15-26/h5-21,24,32H,4,22-23H2,1-3H3/t24-,32?/m1/s1. The molecule has 0 amide bonds. The van der Waals surface area contributed by atoms with Crippen molar-refractivity contribution in [2.75, 3.05) is 13.7 Å². The van der Waals surface area contributed by atoms with Crippen LogP contribution in [0.2, 0.25) is 0 Å². The average Bonchev–Trinajstić information content (AvgIpc) is 2.96. The number of nitrogens with zero attached hydrogens (tertiary/aromatic N) is 1. The molecule has 5 heteroatoms. The largest absolute Gasteiger partial charge is 0.497 e. The number of esters is 1. The monoisotopic (exact) mass is 511 g/mol. The second-order valence-corrected chi connectivity index (χ2v) is 9.24. The van der Waals surface area contributed by atoms with E-state index in [-0.39, 0.29) is 30.9 Å². The Morgan fingerprint density at radius 3 is 2.24 bits per heavy atom. The molecule has 4 rings (SSSR count). The van der Waals surface area contributed by atoms with Gasteiger partial charge < -0.3 is 9.47 Å². The second-order valence-electron chi connectivity index (χ2n) is 9.24. The number of benzene rings is 4. The molecule has 38 heavy (non-hydrogen) atoms. The highest BCUT2D eigenvalue weighted by atomic mass is 19.1. The van der Waals surface area contributed by atoms with Gasteiger partial charge in [-0.2, -0.15) is 0 Å². The van der Waals surface area contributed by atoms with E-state index in [9.17, 15) is 4.79 Å². The Bertz CT molecular complexity index is 1330. The molecule has 0 heterocycles. The van der Waals surface area contributed by atoms with Crippen molar-refractivity contribution >= 4 is 5.97 Å². The van der Waals surface area contributed by atoms with Gasteiger partial charge in [-0.3, -0.25) is 9.69 Å². The third-order valence-corrected chi connectivity index (χ3v) is 6.81. The summed E-state index contributed by atoms with van der Waals surface area (Å²) in [5.41, 5.74) is 4.37. The molecule has 0 saturated heterocycles. The normalized spacial score (nSPS) is 12.7. The predicted octanol–water partition coefficient (Wildman–Crippen LogP) is 7.76. The van der Waals surface area contributed by atoms with E-state index < -0.39 is 6.04 Å². The Morgan fingerprint density at radius 1 is 0.868 bits per heavy atom. The lowest BCUT2D eigenvalue weighted by Gasteiger charge is -2.37. The van der Waals surface area contributed by atoms with Crippen LogP contribution >= 0.6 is 0 Å². The number of hydrogen-bond donors (Lipinski definition) is 0. The fraction of sp³-hybridized carbons (Fsp3) is 0.242. The molecule has 0 aliphatic rings. The van der Waals surface area contributed by atoms with Gasteiger partial charge in [-0.05, 0) is 60.4 Å². The molecule has 4 nitrogen and oxygen atoms in total. The van der Waals surface area contributed by atoms with Gasteiger partial charge in [0.2, 0.25) is 0 Å². The molecule has 0 saturated carbocycles. The van der Waals surface area contributed by atoms with Gasteiger partial charge in [0.25, 0.3) is 0 Å². The van der Waals surface area contributed by atoms with Gasteiger partial charge in [0.05, 0.1) is 20.1 Å². The van der Waals surface area contributed by atoms with E-state index in [0.717, 1.165) is 28.0 Å². The van der Waals surface area contributed by atoms with Crippen LogP contribution in [0.4, 0.5) is 4.39 Å². The molecule has 0 radical (unpaired) electrons. The first-order valence-corrected chi connectivity index (χ1v) is 12.9. The third kappa shape index (κ3) is 6.67. The van der Waals surface area contributed by atoms with Crippen LogP contribution in [0.5, 0.6) is 5.75 Å². The van der Waals surface area contributed by atoms with Crippen molar-refractivity contribution in [1.82, 2.24) is 4.90 Å². The molecule has 1 unspecified atom stereocenters. The quantitative estimate of drug-likeness (QED) is 0.193. The number of carbonyl (C=O) groups excluding carboxylic acids is 1. The van der Waals surface area contributed by atoms with Crippen LogP contribution in [0, 0.1) is 5.82 Å². The van der Waals surface area contributed by atoms with Gasteiger partial charge in [0, 0.05) is 24.2 Å². The first-order chi connectivity index (χ1) is 18.5. The van der Waals surface area contributed by atoms with E-state index in [2.05, 4.69) is 36.1 Å². The Morgan fingerprint density at radius 2 is 1.55 bits per heavy atom. The molecule has 0 aromatic heterocycles. The number of ether oxygens (including phenoxy) is 2. The van der Waals surface area contributed by atoms with Crippen molar-refractivity contribution in [3.63, 3.8) is 0 Å². The topological polar surface area (TPSA) is 38.8 Å². The molecule has 0 spiro atoms. The van der Waals surface area contributed by atoms with E-state index in [1.54, 1.807) is 20.1 Å². The zero-order chi connectivity index (χ0) is 26.9. The molecular weight excluding hydrogens is 477 g/mol. The highest BCUT2D eigenvalue weighted by molar-refractivity contribution is 5.71. The van der Waals surface area contributed by atoms with Gasteiger partial charge in [0.15, 0.2) is 0 Å². The lowest BCUT2D eigenvalue weighted by atomic mass is 9.93. The minimum atomic E-state index is -0.560. The lowest BCUT2D eigenvalue weighted by Crippen LogP contribution is -2.33. The van der Waals surface area contributed by atoms with Crippen LogP contribution in [0.25, 0.3) is 11.1 Å².